The number of ether oxygens (including phenoxy) is 1. The third kappa shape index (κ3) is 6.77. The number of piperidine rings is 2. The van der Waals surface area contributed by atoms with E-state index >= 15 is 0 Å². The predicted octanol–water partition coefficient (Wildman–Crippen LogP) is 3.89. The lowest BCUT2D eigenvalue weighted by molar-refractivity contribution is -0.140. The van der Waals surface area contributed by atoms with E-state index in [0.29, 0.717) is 25.6 Å². The number of likely N-dealkylation sites (tertiary alicyclic amines) is 2. The van der Waals surface area contributed by atoms with Crippen LogP contribution < -0.4 is 4.90 Å². The molecule has 3 aliphatic heterocycles. The topological polar surface area (TPSA) is 92.3 Å². The Morgan fingerprint density at radius 3 is 2.42 bits per heavy atom. The van der Waals surface area contributed by atoms with Crippen LogP contribution in [-0.2, 0) is 9.53 Å². The second-order valence-corrected chi connectivity index (χ2v) is 12.1. The average molecular weight is 595 g/mol. The van der Waals surface area contributed by atoms with Crippen LogP contribution in [-0.4, -0.2) is 102 Å². The lowest BCUT2D eigenvalue weighted by Gasteiger charge is -2.43. The van der Waals surface area contributed by atoms with Crippen LogP contribution in [0.25, 0.3) is 17.0 Å². The van der Waals surface area contributed by atoms with Crippen molar-refractivity contribution in [1.29, 1.82) is 0 Å². The molecule has 3 N–H and O–H groups in total. The van der Waals surface area contributed by atoms with Crippen molar-refractivity contribution in [3.63, 3.8) is 0 Å². The van der Waals surface area contributed by atoms with Gasteiger partial charge < -0.3 is 34.6 Å². The molecule has 0 spiro atoms. The third-order valence-corrected chi connectivity index (χ3v) is 9.40. The van der Waals surface area contributed by atoms with Gasteiger partial charge in [0.15, 0.2) is 0 Å². The second-order valence-electron chi connectivity index (χ2n) is 12.1. The minimum absolute atomic E-state index is 0.264. The predicted molar refractivity (Wildman–Crippen MR) is 162 cm³/mol. The standard InChI is InChI=1S/C33H40F2N4O4/c34-25-17-23(18-26(35)19-25)1-4-32(41)39-11-7-33(42,8-12-39)31(40)22-37-9-5-24(6-10-37)29-21-36-30-3-2-27(20-28(29)30)38-13-15-43-16-14-38/h1-4,17-21,24,31,36,40,42H,5-16,22H2/b4-1+. The molecule has 1 unspecified atom stereocenters. The number of β-amino-alcohol motifs (C(OH)–C–C–N with tert-alkyl or cyclic N) is 1. The van der Waals surface area contributed by atoms with E-state index in [4.69, 9.17) is 4.74 Å². The number of aromatic amines is 1. The summed E-state index contributed by atoms with van der Waals surface area (Å²) < 4.78 is 32.4. The number of nitrogens with zero attached hydrogens (tertiary/aromatic N) is 3. The van der Waals surface area contributed by atoms with Gasteiger partial charge in [-0.05, 0) is 92.2 Å². The van der Waals surface area contributed by atoms with Crippen molar-refractivity contribution < 1.29 is 28.5 Å². The summed E-state index contributed by atoms with van der Waals surface area (Å²) in [6.07, 6.45) is 6.37. The van der Waals surface area contributed by atoms with Crippen LogP contribution in [0.15, 0.2) is 48.7 Å². The van der Waals surface area contributed by atoms with Crippen LogP contribution in [0.5, 0.6) is 0 Å². The number of halogens is 2. The number of aliphatic hydroxyl groups is 2. The van der Waals surface area contributed by atoms with Gasteiger partial charge in [0.25, 0.3) is 0 Å². The number of fused-ring (bicyclic) bond motifs is 1. The summed E-state index contributed by atoms with van der Waals surface area (Å²) >= 11 is 0. The van der Waals surface area contributed by atoms with Gasteiger partial charge in [0.1, 0.15) is 11.6 Å². The number of anilines is 1. The highest BCUT2D eigenvalue weighted by Gasteiger charge is 2.40. The maximum absolute atomic E-state index is 13.4. The molecule has 0 aliphatic carbocycles. The van der Waals surface area contributed by atoms with Gasteiger partial charge >= 0.3 is 0 Å². The Morgan fingerprint density at radius 1 is 1.02 bits per heavy atom. The monoisotopic (exact) mass is 594 g/mol. The molecule has 43 heavy (non-hydrogen) atoms. The SMILES string of the molecule is O=C(/C=C/c1cc(F)cc(F)c1)N1CCC(O)(C(O)CN2CCC(c3c[nH]c4ccc(N5CCOCC5)cc34)CC2)CC1. The fourth-order valence-electron chi connectivity index (χ4n) is 6.72. The highest BCUT2D eigenvalue weighted by Crippen LogP contribution is 2.36. The smallest absolute Gasteiger partial charge is 0.246 e. The number of aliphatic hydroxyl groups excluding tert-OH is 1. The average Bonchev–Trinajstić information content (AvgIpc) is 3.44. The highest BCUT2D eigenvalue weighted by molar-refractivity contribution is 5.92. The zero-order valence-electron chi connectivity index (χ0n) is 24.4. The molecule has 1 atom stereocenters. The maximum Gasteiger partial charge on any atom is 0.246 e. The molecule has 4 heterocycles. The fourth-order valence-corrected chi connectivity index (χ4v) is 6.72. The number of rotatable bonds is 7. The summed E-state index contributed by atoms with van der Waals surface area (Å²) in [6, 6.07) is 9.73. The Kier molecular flexibility index (Phi) is 8.81. The molecular formula is C33H40F2N4O4. The molecule has 0 bridgehead atoms. The summed E-state index contributed by atoms with van der Waals surface area (Å²) in [5.41, 5.74) is 2.72. The molecule has 230 valence electrons. The molecule has 0 radical (unpaired) electrons. The van der Waals surface area contributed by atoms with Gasteiger partial charge in [-0.3, -0.25) is 4.79 Å². The van der Waals surface area contributed by atoms with Crippen LogP contribution >= 0.6 is 0 Å². The minimum Gasteiger partial charge on any atom is -0.389 e. The largest absolute Gasteiger partial charge is 0.389 e. The van der Waals surface area contributed by atoms with Gasteiger partial charge in [0.05, 0.1) is 24.9 Å². The van der Waals surface area contributed by atoms with Gasteiger partial charge in [0.2, 0.25) is 5.91 Å². The molecule has 3 aliphatic rings. The van der Waals surface area contributed by atoms with Gasteiger partial charge in [-0.1, -0.05) is 0 Å². The van der Waals surface area contributed by atoms with E-state index < -0.39 is 23.3 Å². The molecular weight excluding hydrogens is 554 g/mol. The first kappa shape index (κ1) is 29.7. The van der Waals surface area contributed by atoms with Crippen LogP contribution in [0, 0.1) is 11.6 Å². The number of amides is 1. The number of H-pyrrole nitrogens is 1. The number of hydrogen-bond donors (Lipinski definition) is 3. The highest BCUT2D eigenvalue weighted by atomic mass is 19.1. The van der Waals surface area contributed by atoms with E-state index in [1.807, 2.05) is 0 Å². The van der Waals surface area contributed by atoms with E-state index in [9.17, 15) is 23.8 Å². The molecule has 3 saturated heterocycles. The van der Waals surface area contributed by atoms with Crippen LogP contribution in [0.2, 0.25) is 0 Å². The van der Waals surface area contributed by atoms with Gasteiger partial charge in [0, 0.05) is 67.7 Å². The zero-order chi connectivity index (χ0) is 30.0. The van der Waals surface area contributed by atoms with Gasteiger partial charge in [-0.15, -0.1) is 0 Å². The fraction of sp³-hybridized carbons (Fsp3) is 0.485. The van der Waals surface area contributed by atoms with E-state index in [1.54, 1.807) is 4.90 Å². The molecule has 3 fully saturated rings. The number of aromatic nitrogens is 1. The van der Waals surface area contributed by atoms with Crippen LogP contribution in [0.4, 0.5) is 14.5 Å². The second kappa shape index (κ2) is 12.7. The van der Waals surface area contributed by atoms with Crippen molar-refractivity contribution >= 4 is 28.6 Å². The van der Waals surface area contributed by atoms with Crippen LogP contribution in [0.1, 0.15) is 42.7 Å². The van der Waals surface area contributed by atoms with Crippen LogP contribution in [0.3, 0.4) is 0 Å². The van der Waals surface area contributed by atoms with Gasteiger partial charge in [-0.25, -0.2) is 8.78 Å². The van der Waals surface area contributed by atoms with E-state index in [-0.39, 0.29) is 24.3 Å². The Morgan fingerprint density at radius 2 is 1.72 bits per heavy atom. The Hall–Kier alpha value is -3.31. The summed E-state index contributed by atoms with van der Waals surface area (Å²) in [5, 5.41) is 23.6. The molecule has 6 rings (SSSR count). The molecule has 10 heteroatoms. The Balaban J connectivity index is 0.997. The zero-order valence-corrected chi connectivity index (χ0v) is 24.4. The summed E-state index contributed by atoms with van der Waals surface area (Å²) in [7, 11) is 0. The Labute approximate surface area is 250 Å². The first-order valence-corrected chi connectivity index (χ1v) is 15.3. The number of carbonyl (C=O) groups is 1. The first-order valence-electron chi connectivity index (χ1n) is 15.3. The quantitative estimate of drug-likeness (QED) is 0.360. The summed E-state index contributed by atoms with van der Waals surface area (Å²) in [4.78, 5) is 22.3. The lowest BCUT2D eigenvalue weighted by Crippen LogP contribution is -2.56. The van der Waals surface area contributed by atoms with Gasteiger partial charge in [-0.2, -0.15) is 0 Å². The van der Waals surface area contributed by atoms with E-state index in [1.165, 1.54) is 28.8 Å². The number of hydrogen-bond acceptors (Lipinski definition) is 6. The normalized spacial score (nSPS) is 21.1. The third-order valence-electron chi connectivity index (χ3n) is 9.40. The Bertz CT molecular complexity index is 1430. The van der Waals surface area contributed by atoms with Crippen molar-refractivity contribution in [3.8, 4) is 0 Å². The molecule has 1 aromatic heterocycles. The van der Waals surface area contributed by atoms with E-state index in [2.05, 4.69) is 39.2 Å². The molecule has 3 aromatic rings. The number of carbonyl (C=O) groups excluding carboxylic acids is 1. The van der Waals surface area contributed by atoms with E-state index in [0.717, 1.165) is 76.0 Å². The van der Waals surface area contributed by atoms with Crippen molar-refractivity contribution in [2.45, 2.75) is 43.3 Å². The lowest BCUT2D eigenvalue weighted by atomic mass is 9.84. The summed E-state index contributed by atoms with van der Waals surface area (Å²) in [5.74, 6) is -1.28. The van der Waals surface area contributed by atoms with Crippen molar-refractivity contribution in [3.05, 3.63) is 71.4 Å². The number of morpholine rings is 1. The molecule has 8 nitrogen and oxygen atoms in total. The maximum atomic E-state index is 13.4. The minimum atomic E-state index is -1.27. The van der Waals surface area contributed by atoms with Crippen molar-refractivity contribution in [2.75, 3.05) is 63.9 Å². The first-order chi connectivity index (χ1) is 20.8. The number of benzene rings is 2. The molecule has 0 saturated carbocycles. The summed E-state index contributed by atoms with van der Waals surface area (Å²) in [6.45, 7) is 5.97. The number of nitrogens with one attached hydrogen (secondary N) is 1. The molecule has 1 amide bonds. The van der Waals surface area contributed by atoms with Crippen molar-refractivity contribution in [1.82, 2.24) is 14.8 Å². The van der Waals surface area contributed by atoms with Crippen molar-refractivity contribution in [2.24, 2.45) is 0 Å². The molecule has 2 aromatic carbocycles.